The molecule has 4 heteroatoms. The summed E-state index contributed by atoms with van der Waals surface area (Å²) < 4.78 is 1.99. The van der Waals surface area contributed by atoms with Crippen LogP contribution in [0.4, 0.5) is 0 Å². The maximum absolute atomic E-state index is 12.6. The number of likely N-dealkylation sites (tertiary alicyclic amines) is 1. The van der Waals surface area contributed by atoms with Gasteiger partial charge < -0.3 is 4.90 Å². The summed E-state index contributed by atoms with van der Waals surface area (Å²) in [6.45, 7) is 3.81. The first-order valence-corrected chi connectivity index (χ1v) is 8.17. The lowest BCUT2D eigenvalue weighted by Crippen LogP contribution is -2.46. The number of allylic oxidation sites excluding steroid dienone is 2. The Morgan fingerprint density at radius 2 is 2.29 bits per heavy atom. The number of amides is 1. The molecule has 2 heterocycles. The number of piperidine rings is 1. The van der Waals surface area contributed by atoms with Gasteiger partial charge in [-0.25, -0.2) is 0 Å². The highest BCUT2D eigenvalue weighted by Crippen LogP contribution is 2.25. The lowest BCUT2D eigenvalue weighted by Gasteiger charge is -2.36. The fourth-order valence-corrected chi connectivity index (χ4v) is 3.51. The van der Waals surface area contributed by atoms with Gasteiger partial charge in [-0.3, -0.25) is 9.48 Å². The number of hydrogen-bond donors (Lipinski definition) is 0. The van der Waals surface area contributed by atoms with Gasteiger partial charge in [0.2, 0.25) is 5.91 Å². The van der Waals surface area contributed by atoms with Crippen molar-refractivity contribution in [1.82, 2.24) is 14.7 Å². The Kier molecular flexibility index (Phi) is 4.42. The van der Waals surface area contributed by atoms with Crippen LogP contribution in [0.15, 0.2) is 24.5 Å². The number of carbonyl (C=O) groups is 1. The molecule has 0 N–H and O–H groups in total. The van der Waals surface area contributed by atoms with Gasteiger partial charge in [0.25, 0.3) is 0 Å². The van der Waals surface area contributed by atoms with E-state index in [2.05, 4.69) is 35.3 Å². The van der Waals surface area contributed by atoms with Crippen molar-refractivity contribution in [1.29, 1.82) is 0 Å². The zero-order valence-corrected chi connectivity index (χ0v) is 12.9. The topological polar surface area (TPSA) is 38.1 Å². The van der Waals surface area contributed by atoms with E-state index < -0.39 is 0 Å². The van der Waals surface area contributed by atoms with Crippen molar-refractivity contribution in [3.05, 3.63) is 30.1 Å². The first kappa shape index (κ1) is 14.4. The van der Waals surface area contributed by atoms with Gasteiger partial charge in [-0.05, 0) is 50.5 Å². The molecule has 0 aromatic carbocycles. The van der Waals surface area contributed by atoms with Crippen LogP contribution >= 0.6 is 0 Å². The van der Waals surface area contributed by atoms with Gasteiger partial charge in [-0.2, -0.15) is 5.10 Å². The molecular weight excluding hydrogens is 262 g/mol. The van der Waals surface area contributed by atoms with Crippen LogP contribution < -0.4 is 0 Å². The van der Waals surface area contributed by atoms with E-state index in [-0.39, 0.29) is 0 Å². The third-order valence-electron chi connectivity index (χ3n) is 4.66. The van der Waals surface area contributed by atoms with Gasteiger partial charge in [-0.1, -0.05) is 12.2 Å². The van der Waals surface area contributed by atoms with Gasteiger partial charge in [0.1, 0.15) is 0 Å². The van der Waals surface area contributed by atoms with Crippen LogP contribution in [0, 0.1) is 12.8 Å². The predicted molar refractivity (Wildman–Crippen MR) is 82.8 cm³/mol. The van der Waals surface area contributed by atoms with Crippen LogP contribution in [0.1, 0.15) is 44.1 Å². The zero-order chi connectivity index (χ0) is 14.7. The molecule has 21 heavy (non-hydrogen) atoms. The smallest absolute Gasteiger partial charge is 0.223 e. The molecule has 114 valence electrons. The van der Waals surface area contributed by atoms with E-state index in [0.717, 1.165) is 38.8 Å². The van der Waals surface area contributed by atoms with Crippen LogP contribution in [0.2, 0.25) is 0 Å². The third-order valence-corrected chi connectivity index (χ3v) is 4.66. The highest BCUT2D eigenvalue weighted by atomic mass is 16.2. The number of rotatable bonds is 4. The second-order valence-corrected chi connectivity index (χ2v) is 6.45. The van der Waals surface area contributed by atoms with Gasteiger partial charge >= 0.3 is 0 Å². The average molecular weight is 287 g/mol. The van der Waals surface area contributed by atoms with Crippen LogP contribution in [0.25, 0.3) is 0 Å². The maximum atomic E-state index is 12.6. The minimum absolute atomic E-state index is 0.316. The van der Waals surface area contributed by atoms with Gasteiger partial charge in [0.05, 0.1) is 18.8 Å². The summed E-state index contributed by atoms with van der Waals surface area (Å²) in [6.07, 6.45) is 14.8. The molecule has 1 aromatic heterocycles. The Hall–Kier alpha value is -1.58. The Morgan fingerprint density at radius 1 is 1.38 bits per heavy atom. The molecular formula is C17H25N3O. The second kappa shape index (κ2) is 6.46. The summed E-state index contributed by atoms with van der Waals surface area (Å²) in [5.41, 5.74) is 1.18. The highest BCUT2D eigenvalue weighted by Gasteiger charge is 2.28. The second-order valence-electron chi connectivity index (χ2n) is 6.45. The summed E-state index contributed by atoms with van der Waals surface area (Å²) in [5.74, 6) is 0.798. The lowest BCUT2D eigenvalue weighted by molar-refractivity contribution is -0.136. The molecule has 1 aliphatic carbocycles. The first-order chi connectivity index (χ1) is 10.2. The Labute approximate surface area is 126 Å². The van der Waals surface area contributed by atoms with E-state index in [1.807, 2.05) is 10.9 Å². The normalized spacial score (nSPS) is 25.5. The summed E-state index contributed by atoms with van der Waals surface area (Å²) in [4.78, 5) is 14.7. The Morgan fingerprint density at radius 3 is 3.00 bits per heavy atom. The number of aryl methyl sites for hydroxylation is 1. The van der Waals surface area contributed by atoms with Crippen LogP contribution in [-0.4, -0.2) is 33.2 Å². The fraction of sp³-hybridized carbons (Fsp3) is 0.647. The summed E-state index contributed by atoms with van der Waals surface area (Å²) in [6, 6.07) is 0.316. The van der Waals surface area contributed by atoms with Gasteiger partial charge in [0, 0.05) is 19.2 Å². The van der Waals surface area contributed by atoms with E-state index >= 15 is 0 Å². The first-order valence-electron chi connectivity index (χ1n) is 8.17. The molecule has 1 aliphatic heterocycles. The largest absolute Gasteiger partial charge is 0.338 e. The molecule has 1 fully saturated rings. The van der Waals surface area contributed by atoms with Gasteiger partial charge in [0.15, 0.2) is 0 Å². The van der Waals surface area contributed by atoms with Gasteiger partial charge in [-0.15, -0.1) is 0 Å². The van der Waals surface area contributed by atoms with E-state index in [1.165, 1.54) is 12.0 Å². The molecule has 4 nitrogen and oxygen atoms in total. The summed E-state index contributed by atoms with van der Waals surface area (Å²) >= 11 is 0. The average Bonchev–Trinajstić information content (AvgIpc) is 3.11. The third kappa shape index (κ3) is 3.55. The number of hydrogen-bond acceptors (Lipinski definition) is 2. The fourth-order valence-electron chi connectivity index (χ4n) is 3.51. The molecule has 0 radical (unpaired) electrons. The molecule has 1 aromatic rings. The maximum Gasteiger partial charge on any atom is 0.223 e. The standard InChI is InChI=1S/C17H25N3O/c1-14-11-18-19(12-14)13-16-8-4-5-9-20(16)17(21)10-15-6-2-3-7-15/h2,6,11-12,15-16H,3-5,7-10,13H2,1H3. The molecule has 2 aliphatic rings. The SMILES string of the molecule is Cc1cnn(CC2CCCCN2C(=O)CC2C=CCC2)c1. The lowest BCUT2D eigenvalue weighted by atomic mass is 9.98. The van der Waals surface area contributed by atoms with Crippen molar-refractivity contribution in [3.63, 3.8) is 0 Å². The van der Waals surface area contributed by atoms with Crippen LogP contribution in [0.3, 0.4) is 0 Å². The monoisotopic (exact) mass is 287 g/mol. The molecule has 0 saturated carbocycles. The molecule has 0 bridgehead atoms. The molecule has 2 unspecified atom stereocenters. The van der Waals surface area contributed by atoms with E-state index in [4.69, 9.17) is 0 Å². The van der Waals surface area contributed by atoms with Crippen molar-refractivity contribution in [2.24, 2.45) is 5.92 Å². The van der Waals surface area contributed by atoms with Crippen molar-refractivity contribution in [2.75, 3.05) is 6.54 Å². The molecule has 0 spiro atoms. The minimum Gasteiger partial charge on any atom is -0.338 e. The quantitative estimate of drug-likeness (QED) is 0.799. The number of carbonyl (C=O) groups excluding carboxylic acids is 1. The van der Waals surface area contributed by atoms with Crippen molar-refractivity contribution in [3.8, 4) is 0 Å². The minimum atomic E-state index is 0.316. The number of nitrogens with zero attached hydrogens (tertiary/aromatic N) is 3. The van der Waals surface area contributed by atoms with E-state index in [0.29, 0.717) is 24.3 Å². The number of aromatic nitrogens is 2. The molecule has 2 atom stereocenters. The van der Waals surface area contributed by atoms with Crippen molar-refractivity contribution < 1.29 is 4.79 Å². The Balaban J connectivity index is 1.62. The van der Waals surface area contributed by atoms with E-state index in [9.17, 15) is 4.79 Å². The highest BCUT2D eigenvalue weighted by molar-refractivity contribution is 5.77. The van der Waals surface area contributed by atoms with E-state index in [1.54, 1.807) is 0 Å². The molecule has 1 saturated heterocycles. The van der Waals surface area contributed by atoms with Crippen molar-refractivity contribution >= 4 is 5.91 Å². The molecule has 1 amide bonds. The zero-order valence-electron chi connectivity index (χ0n) is 12.9. The van der Waals surface area contributed by atoms with Crippen molar-refractivity contribution in [2.45, 2.75) is 58.0 Å². The predicted octanol–water partition coefficient (Wildman–Crippen LogP) is 2.93. The van der Waals surface area contributed by atoms with Crippen LogP contribution in [-0.2, 0) is 11.3 Å². The Bertz CT molecular complexity index is 520. The summed E-state index contributed by atoms with van der Waals surface area (Å²) in [7, 11) is 0. The van der Waals surface area contributed by atoms with Crippen LogP contribution in [0.5, 0.6) is 0 Å². The summed E-state index contributed by atoms with van der Waals surface area (Å²) in [5, 5.41) is 4.37. The molecule has 3 rings (SSSR count).